The minimum atomic E-state index is -0.310. The summed E-state index contributed by atoms with van der Waals surface area (Å²) in [4.78, 5) is 15.9. The molecule has 0 N–H and O–H groups in total. The first-order chi connectivity index (χ1) is 8.09. The molecule has 1 unspecified atom stereocenters. The Morgan fingerprint density at radius 2 is 2.24 bits per heavy atom. The van der Waals surface area contributed by atoms with E-state index in [4.69, 9.17) is 4.52 Å². The van der Waals surface area contributed by atoms with E-state index in [1.807, 2.05) is 30.7 Å². The number of nitrogens with zero attached hydrogens (tertiary/aromatic N) is 2. The van der Waals surface area contributed by atoms with Crippen molar-refractivity contribution in [3.63, 3.8) is 0 Å². The van der Waals surface area contributed by atoms with E-state index in [9.17, 15) is 4.79 Å². The second-order valence-corrected chi connectivity index (χ2v) is 5.08. The molecular weight excluding hydrogens is 236 g/mol. The fourth-order valence-corrected chi connectivity index (χ4v) is 2.43. The molecule has 0 aliphatic carbocycles. The Bertz CT molecular complexity index is 502. The van der Waals surface area contributed by atoms with E-state index in [-0.39, 0.29) is 17.6 Å². The lowest BCUT2D eigenvalue weighted by Crippen LogP contribution is -2.15. The molecular formula is C12H14N2O2S. The van der Waals surface area contributed by atoms with Gasteiger partial charge in [-0.25, -0.2) is 0 Å². The third kappa shape index (κ3) is 2.44. The standard InChI is InChI=1S/C12H14N2O2S/c1-7(2)10(8(3)15)12-13-11(14-16-12)9-4-5-17-6-9/h4-7,10H,1-3H3. The van der Waals surface area contributed by atoms with Gasteiger partial charge in [0.15, 0.2) is 0 Å². The average Bonchev–Trinajstić information content (AvgIpc) is 2.83. The van der Waals surface area contributed by atoms with Crippen molar-refractivity contribution < 1.29 is 9.32 Å². The maximum absolute atomic E-state index is 11.6. The van der Waals surface area contributed by atoms with Gasteiger partial charge in [0.25, 0.3) is 0 Å². The second-order valence-electron chi connectivity index (χ2n) is 4.30. The molecule has 2 rings (SSSR count). The van der Waals surface area contributed by atoms with Gasteiger partial charge in [-0.2, -0.15) is 16.3 Å². The fourth-order valence-electron chi connectivity index (χ4n) is 1.80. The monoisotopic (exact) mass is 250 g/mol. The van der Waals surface area contributed by atoms with Crippen molar-refractivity contribution in [3.8, 4) is 11.4 Å². The van der Waals surface area contributed by atoms with Crippen LogP contribution in [0.3, 0.4) is 0 Å². The molecule has 0 spiro atoms. The lowest BCUT2D eigenvalue weighted by molar-refractivity contribution is -0.119. The first kappa shape index (κ1) is 12.0. The number of hydrogen-bond donors (Lipinski definition) is 0. The number of thiophene rings is 1. The lowest BCUT2D eigenvalue weighted by Gasteiger charge is -2.12. The molecule has 0 saturated heterocycles. The van der Waals surface area contributed by atoms with Gasteiger partial charge in [0, 0.05) is 10.9 Å². The molecule has 17 heavy (non-hydrogen) atoms. The summed E-state index contributed by atoms with van der Waals surface area (Å²) in [5, 5.41) is 7.82. The number of hydrogen-bond acceptors (Lipinski definition) is 5. The molecule has 0 saturated carbocycles. The van der Waals surface area contributed by atoms with Gasteiger partial charge in [-0.3, -0.25) is 4.79 Å². The molecule has 1 atom stereocenters. The van der Waals surface area contributed by atoms with Crippen LogP contribution >= 0.6 is 11.3 Å². The van der Waals surface area contributed by atoms with Gasteiger partial charge in [-0.15, -0.1) is 0 Å². The lowest BCUT2D eigenvalue weighted by atomic mass is 9.92. The highest BCUT2D eigenvalue weighted by Crippen LogP contribution is 2.26. The molecule has 4 nitrogen and oxygen atoms in total. The van der Waals surface area contributed by atoms with Crippen LogP contribution in [0.2, 0.25) is 0 Å². The van der Waals surface area contributed by atoms with Crippen LogP contribution in [0.1, 0.15) is 32.6 Å². The number of rotatable bonds is 4. The summed E-state index contributed by atoms with van der Waals surface area (Å²) in [6.07, 6.45) is 0. The van der Waals surface area contributed by atoms with Crippen LogP contribution in [0.5, 0.6) is 0 Å². The zero-order valence-corrected chi connectivity index (χ0v) is 10.8. The minimum Gasteiger partial charge on any atom is -0.338 e. The van der Waals surface area contributed by atoms with Crippen LogP contribution in [0, 0.1) is 5.92 Å². The van der Waals surface area contributed by atoms with E-state index in [1.54, 1.807) is 18.3 Å². The van der Waals surface area contributed by atoms with E-state index < -0.39 is 0 Å². The largest absolute Gasteiger partial charge is 0.338 e. The van der Waals surface area contributed by atoms with Gasteiger partial charge in [0.05, 0.1) is 5.92 Å². The minimum absolute atomic E-state index is 0.0560. The summed E-state index contributed by atoms with van der Waals surface area (Å²) in [7, 11) is 0. The normalized spacial score (nSPS) is 12.9. The van der Waals surface area contributed by atoms with E-state index in [0.717, 1.165) is 5.56 Å². The second kappa shape index (κ2) is 4.79. The van der Waals surface area contributed by atoms with E-state index >= 15 is 0 Å². The molecule has 2 heterocycles. The molecule has 0 amide bonds. The van der Waals surface area contributed by atoms with Crippen LogP contribution in [-0.2, 0) is 4.79 Å². The molecule has 0 radical (unpaired) electrons. The van der Waals surface area contributed by atoms with Gasteiger partial charge in [0.1, 0.15) is 5.78 Å². The Morgan fingerprint density at radius 3 is 2.76 bits per heavy atom. The third-order valence-electron chi connectivity index (χ3n) is 2.59. The first-order valence-corrected chi connectivity index (χ1v) is 6.40. The molecule has 0 bridgehead atoms. The van der Waals surface area contributed by atoms with E-state index in [1.165, 1.54) is 0 Å². The topological polar surface area (TPSA) is 56.0 Å². The number of carbonyl (C=O) groups is 1. The molecule has 0 aliphatic rings. The predicted molar refractivity (Wildman–Crippen MR) is 65.9 cm³/mol. The first-order valence-electron chi connectivity index (χ1n) is 5.46. The Kier molecular flexibility index (Phi) is 3.38. The quantitative estimate of drug-likeness (QED) is 0.836. The van der Waals surface area contributed by atoms with Crippen molar-refractivity contribution in [2.45, 2.75) is 26.7 Å². The summed E-state index contributed by atoms with van der Waals surface area (Å²) in [6.45, 7) is 5.50. The summed E-state index contributed by atoms with van der Waals surface area (Å²) < 4.78 is 5.20. The number of ketones is 1. The smallest absolute Gasteiger partial charge is 0.237 e. The van der Waals surface area contributed by atoms with Crippen molar-refractivity contribution in [1.29, 1.82) is 0 Å². The Hall–Kier alpha value is -1.49. The summed E-state index contributed by atoms with van der Waals surface area (Å²) in [5.41, 5.74) is 0.927. The van der Waals surface area contributed by atoms with Crippen molar-refractivity contribution in [3.05, 3.63) is 22.7 Å². The van der Waals surface area contributed by atoms with Crippen molar-refractivity contribution in [2.75, 3.05) is 0 Å². The molecule has 5 heteroatoms. The predicted octanol–water partition coefficient (Wildman–Crippen LogP) is 3.13. The molecule has 0 fully saturated rings. The number of carbonyl (C=O) groups excluding carboxylic acids is 1. The Morgan fingerprint density at radius 1 is 1.47 bits per heavy atom. The van der Waals surface area contributed by atoms with Gasteiger partial charge < -0.3 is 4.52 Å². The number of aromatic nitrogens is 2. The van der Waals surface area contributed by atoms with Gasteiger partial charge >= 0.3 is 0 Å². The molecule has 2 aromatic rings. The van der Waals surface area contributed by atoms with Gasteiger partial charge in [0.2, 0.25) is 11.7 Å². The van der Waals surface area contributed by atoms with Crippen LogP contribution in [0.4, 0.5) is 0 Å². The highest BCUT2D eigenvalue weighted by molar-refractivity contribution is 7.08. The fraction of sp³-hybridized carbons (Fsp3) is 0.417. The highest BCUT2D eigenvalue weighted by atomic mass is 32.1. The highest BCUT2D eigenvalue weighted by Gasteiger charge is 2.27. The Balaban J connectivity index is 2.31. The zero-order chi connectivity index (χ0) is 12.4. The van der Waals surface area contributed by atoms with Crippen molar-refractivity contribution in [2.24, 2.45) is 5.92 Å². The molecule has 0 aromatic carbocycles. The average molecular weight is 250 g/mol. The van der Waals surface area contributed by atoms with Crippen LogP contribution < -0.4 is 0 Å². The van der Waals surface area contributed by atoms with Crippen molar-refractivity contribution >= 4 is 17.1 Å². The Labute approximate surface area is 104 Å². The van der Waals surface area contributed by atoms with E-state index in [0.29, 0.717) is 11.7 Å². The maximum atomic E-state index is 11.6. The van der Waals surface area contributed by atoms with Gasteiger partial charge in [-0.1, -0.05) is 19.0 Å². The number of Topliss-reactive ketones (excluding diaryl/α,β-unsaturated/α-hetero) is 1. The van der Waals surface area contributed by atoms with Crippen LogP contribution in [0.15, 0.2) is 21.3 Å². The molecule has 0 aliphatic heterocycles. The van der Waals surface area contributed by atoms with Crippen molar-refractivity contribution in [1.82, 2.24) is 10.1 Å². The maximum Gasteiger partial charge on any atom is 0.237 e. The summed E-state index contributed by atoms with van der Waals surface area (Å²) >= 11 is 1.58. The third-order valence-corrected chi connectivity index (χ3v) is 3.28. The zero-order valence-electron chi connectivity index (χ0n) is 10.0. The van der Waals surface area contributed by atoms with Crippen LogP contribution in [0.25, 0.3) is 11.4 Å². The summed E-state index contributed by atoms with van der Waals surface area (Å²) in [5.74, 6) is 0.862. The molecule has 90 valence electrons. The molecule has 2 aromatic heterocycles. The van der Waals surface area contributed by atoms with E-state index in [2.05, 4.69) is 10.1 Å². The van der Waals surface area contributed by atoms with Gasteiger partial charge in [-0.05, 0) is 24.3 Å². The van der Waals surface area contributed by atoms with Crippen LogP contribution in [-0.4, -0.2) is 15.9 Å². The SMILES string of the molecule is CC(=O)C(c1nc(-c2ccsc2)no1)C(C)C. The summed E-state index contributed by atoms with van der Waals surface area (Å²) in [6, 6.07) is 1.93.